The Balaban J connectivity index is 2.14. The van der Waals surface area contributed by atoms with E-state index in [4.69, 9.17) is 0 Å². The van der Waals surface area contributed by atoms with E-state index in [1.54, 1.807) is 0 Å². The highest BCUT2D eigenvalue weighted by atomic mass is 32.2. The van der Waals surface area contributed by atoms with Gasteiger partial charge in [-0.05, 0) is 18.6 Å². The lowest BCUT2D eigenvalue weighted by atomic mass is 10.1. The first-order valence-corrected chi connectivity index (χ1v) is 10.4. The molecule has 1 N–H and O–H groups in total. The normalized spacial score (nSPS) is 11.8. The molecule has 138 valence electrons. The number of benzene rings is 1. The molecule has 0 heterocycles. The van der Waals surface area contributed by atoms with Crippen molar-refractivity contribution >= 4 is 10.0 Å². The summed E-state index contributed by atoms with van der Waals surface area (Å²) in [5.41, 5.74) is 0. The van der Waals surface area contributed by atoms with Crippen LogP contribution in [-0.4, -0.2) is 15.0 Å². The zero-order chi connectivity index (χ0) is 17.8. The van der Waals surface area contributed by atoms with E-state index in [0.29, 0.717) is 6.07 Å². The van der Waals surface area contributed by atoms with Crippen LogP contribution in [0.2, 0.25) is 0 Å². The van der Waals surface area contributed by atoms with Gasteiger partial charge >= 0.3 is 0 Å². The fourth-order valence-electron chi connectivity index (χ4n) is 2.59. The van der Waals surface area contributed by atoms with Crippen molar-refractivity contribution < 1.29 is 17.2 Å². The molecular formula is C18H29F2NO2S. The molecule has 3 nitrogen and oxygen atoms in total. The average molecular weight is 361 g/mol. The van der Waals surface area contributed by atoms with Crippen LogP contribution in [0.1, 0.15) is 71.1 Å². The van der Waals surface area contributed by atoms with Crippen LogP contribution in [0.5, 0.6) is 0 Å². The van der Waals surface area contributed by atoms with Gasteiger partial charge in [0.25, 0.3) is 0 Å². The Morgan fingerprint density at radius 1 is 0.875 bits per heavy atom. The van der Waals surface area contributed by atoms with Crippen LogP contribution in [0.25, 0.3) is 0 Å². The van der Waals surface area contributed by atoms with Crippen LogP contribution < -0.4 is 4.72 Å². The summed E-state index contributed by atoms with van der Waals surface area (Å²) in [5, 5.41) is 0. The van der Waals surface area contributed by atoms with Crippen LogP contribution in [0.4, 0.5) is 8.78 Å². The van der Waals surface area contributed by atoms with Crippen molar-refractivity contribution in [2.24, 2.45) is 0 Å². The minimum absolute atomic E-state index is 0.273. The first kappa shape index (κ1) is 21.0. The predicted molar refractivity (Wildman–Crippen MR) is 93.4 cm³/mol. The molecule has 0 aromatic heterocycles. The molecule has 0 radical (unpaired) electrons. The van der Waals surface area contributed by atoms with Crippen LogP contribution in [-0.2, 0) is 10.0 Å². The summed E-state index contributed by atoms with van der Waals surface area (Å²) in [4.78, 5) is -0.504. The van der Waals surface area contributed by atoms with Gasteiger partial charge in [0.1, 0.15) is 16.5 Å². The van der Waals surface area contributed by atoms with E-state index in [1.165, 1.54) is 44.9 Å². The van der Waals surface area contributed by atoms with Gasteiger partial charge in [-0.25, -0.2) is 21.9 Å². The van der Waals surface area contributed by atoms with Crippen molar-refractivity contribution in [2.45, 2.75) is 76.0 Å². The van der Waals surface area contributed by atoms with Crippen molar-refractivity contribution in [3.8, 4) is 0 Å². The zero-order valence-corrected chi connectivity index (χ0v) is 15.3. The molecular weight excluding hydrogens is 332 g/mol. The van der Waals surface area contributed by atoms with Gasteiger partial charge in [-0.2, -0.15) is 0 Å². The third-order valence-corrected chi connectivity index (χ3v) is 5.50. The molecule has 0 atom stereocenters. The largest absolute Gasteiger partial charge is 0.243 e. The third kappa shape index (κ3) is 8.20. The Kier molecular flexibility index (Phi) is 10.1. The molecule has 6 heteroatoms. The van der Waals surface area contributed by atoms with Gasteiger partial charge in [0.05, 0.1) is 0 Å². The van der Waals surface area contributed by atoms with E-state index < -0.39 is 26.6 Å². The van der Waals surface area contributed by atoms with E-state index in [1.807, 2.05) is 0 Å². The van der Waals surface area contributed by atoms with Crippen molar-refractivity contribution in [3.05, 3.63) is 29.8 Å². The van der Waals surface area contributed by atoms with Crippen molar-refractivity contribution in [3.63, 3.8) is 0 Å². The minimum atomic E-state index is -3.91. The van der Waals surface area contributed by atoms with Crippen LogP contribution in [0, 0.1) is 11.6 Å². The average Bonchev–Trinajstić information content (AvgIpc) is 2.52. The molecule has 0 spiro atoms. The quantitative estimate of drug-likeness (QED) is 0.493. The van der Waals surface area contributed by atoms with E-state index in [0.717, 1.165) is 31.4 Å². The highest BCUT2D eigenvalue weighted by molar-refractivity contribution is 7.89. The Hall–Kier alpha value is -1.01. The van der Waals surface area contributed by atoms with E-state index >= 15 is 0 Å². The number of sulfonamides is 1. The Bertz CT molecular complexity index is 576. The second-order valence-electron chi connectivity index (χ2n) is 6.15. The molecule has 0 aliphatic heterocycles. The number of halogens is 2. The van der Waals surface area contributed by atoms with Gasteiger partial charge < -0.3 is 0 Å². The van der Waals surface area contributed by atoms with Crippen molar-refractivity contribution in [1.82, 2.24) is 4.72 Å². The highest BCUT2D eigenvalue weighted by Gasteiger charge is 2.18. The maximum absolute atomic E-state index is 13.5. The molecule has 0 saturated carbocycles. The topological polar surface area (TPSA) is 46.2 Å². The molecule has 0 saturated heterocycles. The lowest BCUT2D eigenvalue weighted by Crippen LogP contribution is -2.25. The maximum Gasteiger partial charge on any atom is 0.243 e. The van der Waals surface area contributed by atoms with Crippen molar-refractivity contribution in [1.29, 1.82) is 0 Å². The van der Waals surface area contributed by atoms with Gasteiger partial charge in [0.2, 0.25) is 10.0 Å². The smallest absolute Gasteiger partial charge is 0.211 e. The third-order valence-electron chi connectivity index (χ3n) is 4.01. The van der Waals surface area contributed by atoms with Gasteiger partial charge in [0.15, 0.2) is 0 Å². The van der Waals surface area contributed by atoms with Gasteiger partial charge in [0, 0.05) is 12.6 Å². The molecule has 24 heavy (non-hydrogen) atoms. The second-order valence-corrected chi connectivity index (χ2v) is 7.89. The van der Waals surface area contributed by atoms with Gasteiger partial charge in [-0.3, -0.25) is 0 Å². The summed E-state index contributed by atoms with van der Waals surface area (Å²) < 4.78 is 52.6. The monoisotopic (exact) mass is 361 g/mol. The fourth-order valence-corrected chi connectivity index (χ4v) is 3.72. The summed E-state index contributed by atoms with van der Waals surface area (Å²) in [6.45, 7) is 2.48. The molecule has 0 aliphatic rings. The first-order chi connectivity index (χ1) is 11.5. The lowest BCUT2D eigenvalue weighted by molar-refractivity contribution is 0.536. The predicted octanol–water partition coefficient (Wildman–Crippen LogP) is 5.16. The van der Waals surface area contributed by atoms with E-state index in [9.17, 15) is 17.2 Å². The van der Waals surface area contributed by atoms with Crippen LogP contribution >= 0.6 is 0 Å². The highest BCUT2D eigenvalue weighted by Crippen LogP contribution is 2.15. The summed E-state index contributed by atoms with van der Waals surface area (Å²) >= 11 is 0. The van der Waals surface area contributed by atoms with Crippen LogP contribution in [0.15, 0.2) is 23.1 Å². The Labute approximate surface area is 144 Å². The number of unbranched alkanes of at least 4 members (excludes halogenated alkanes) is 9. The van der Waals surface area contributed by atoms with Crippen LogP contribution in [0.3, 0.4) is 0 Å². The molecule has 0 amide bonds. The maximum atomic E-state index is 13.5. The fraction of sp³-hybridized carbons (Fsp3) is 0.667. The molecule has 0 unspecified atom stereocenters. The van der Waals surface area contributed by atoms with E-state index in [-0.39, 0.29) is 6.54 Å². The molecule has 0 bridgehead atoms. The number of rotatable bonds is 13. The second kappa shape index (κ2) is 11.5. The zero-order valence-electron chi connectivity index (χ0n) is 14.5. The number of hydrogen-bond acceptors (Lipinski definition) is 2. The number of nitrogens with one attached hydrogen (secondary N) is 1. The molecule has 1 rings (SSSR count). The molecule has 1 aromatic rings. The standard InChI is InChI=1S/C18H29F2NO2S/c1-2-3-4-5-6-7-8-9-10-11-14-21-24(22,23)18-13-12-16(19)15-17(18)20/h12-13,15,21H,2-11,14H2,1H3. The SMILES string of the molecule is CCCCCCCCCCCCNS(=O)(=O)c1ccc(F)cc1F. The Morgan fingerprint density at radius 2 is 1.42 bits per heavy atom. The van der Waals surface area contributed by atoms with Gasteiger partial charge in [-0.1, -0.05) is 64.7 Å². The lowest BCUT2D eigenvalue weighted by Gasteiger charge is -2.08. The summed E-state index contributed by atoms with van der Waals surface area (Å²) in [6.07, 6.45) is 11.6. The summed E-state index contributed by atoms with van der Waals surface area (Å²) in [7, 11) is -3.91. The number of hydrogen-bond donors (Lipinski definition) is 1. The molecule has 0 aliphatic carbocycles. The van der Waals surface area contributed by atoms with Crippen molar-refractivity contribution in [2.75, 3.05) is 6.54 Å². The summed E-state index contributed by atoms with van der Waals surface area (Å²) in [6, 6.07) is 2.47. The summed E-state index contributed by atoms with van der Waals surface area (Å²) in [5.74, 6) is -1.85. The first-order valence-electron chi connectivity index (χ1n) is 8.92. The minimum Gasteiger partial charge on any atom is -0.211 e. The van der Waals surface area contributed by atoms with Gasteiger partial charge in [-0.15, -0.1) is 0 Å². The molecule has 1 aromatic carbocycles. The molecule has 0 fully saturated rings. The van der Waals surface area contributed by atoms with E-state index in [2.05, 4.69) is 11.6 Å². The Morgan fingerprint density at radius 3 is 1.96 bits per heavy atom.